The van der Waals surface area contributed by atoms with Crippen LogP contribution >= 0.6 is 0 Å². The van der Waals surface area contributed by atoms with Gasteiger partial charge in [0, 0.05) is 31.1 Å². The number of nitrogens with zero attached hydrogens (tertiary/aromatic N) is 1. The highest BCUT2D eigenvalue weighted by molar-refractivity contribution is 7.89. The summed E-state index contributed by atoms with van der Waals surface area (Å²) < 4.78 is 32.7. The molecule has 0 aliphatic carbocycles. The number of hydrogen-bond donors (Lipinski definition) is 2. The average Bonchev–Trinajstić information content (AvgIpc) is 3.21. The van der Waals surface area contributed by atoms with E-state index < -0.39 is 10.0 Å². The van der Waals surface area contributed by atoms with Crippen molar-refractivity contribution < 1.29 is 17.9 Å². The zero-order valence-corrected chi connectivity index (χ0v) is 15.9. The van der Waals surface area contributed by atoms with Crippen LogP contribution < -0.4 is 10.0 Å². The monoisotopic (exact) mass is 389 g/mol. The van der Waals surface area contributed by atoms with Gasteiger partial charge in [0.15, 0.2) is 0 Å². The number of amides is 1. The molecule has 2 unspecified atom stereocenters. The number of nitrogens with one attached hydrogen (secondary N) is 2. The minimum absolute atomic E-state index is 0.0706. The van der Waals surface area contributed by atoms with Gasteiger partial charge in [-0.05, 0) is 55.7 Å². The predicted molar refractivity (Wildman–Crippen MR) is 101 cm³/mol. The molecular formula is C19H23N3O4S. The molecular weight excluding hydrogens is 366 g/mol. The molecule has 1 fully saturated rings. The molecule has 7 nitrogen and oxygen atoms in total. The summed E-state index contributed by atoms with van der Waals surface area (Å²) in [7, 11) is -3.63. The van der Waals surface area contributed by atoms with E-state index in [0.29, 0.717) is 12.2 Å². The number of ether oxygens (including phenoxy) is 1. The van der Waals surface area contributed by atoms with Crippen LogP contribution in [0.2, 0.25) is 0 Å². The lowest BCUT2D eigenvalue weighted by atomic mass is 10.1. The van der Waals surface area contributed by atoms with Gasteiger partial charge in [0.1, 0.15) is 0 Å². The lowest BCUT2D eigenvalue weighted by Gasteiger charge is -2.14. The highest BCUT2D eigenvalue weighted by Crippen LogP contribution is 2.15. The molecule has 2 heterocycles. The highest BCUT2D eigenvalue weighted by Gasteiger charge is 2.20. The first-order chi connectivity index (χ1) is 13.0. The Morgan fingerprint density at radius 3 is 2.70 bits per heavy atom. The van der Waals surface area contributed by atoms with Crippen molar-refractivity contribution in [2.45, 2.75) is 36.8 Å². The summed E-state index contributed by atoms with van der Waals surface area (Å²) in [6.45, 7) is 2.80. The molecule has 2 aromatic rings. The molecule has 1 aliphatic rings. The number of benzene rings is 1. The summed E-state index contributed by atoms with van der Waals surface area (Å²) in [6.07, 6.45) is 5.10. The highest BCUT2D eigenvalue weighted by atomic mass is 32.2. The quantitative estimate of drug-likeness (QED) is 0.755. The van der Waals surface area contributed by atoms with E-state index in [1.807, 2.05) is 13.0 Å². The summed E-state index contributed by atoms with van der Waals surface area (Å²) in [5.74, 6) is -0.275. The van der Waals surface area contributed by atoms with E-state index in [2.05, 4.69) is 15.0 Å². The van der Waals surface area contributed by atoms with Gasteiger partial charge in [-0.2, -0.15) is 0 Å². The van der Waals surface area contributed by atoms with Gasteiger partial charge in [-0.25, -0.2) is 13.1 Å². The fraction of sp³-hybridized carbons (Fsp3) is 0.368. The van der Waals surface area contributed by atoms with Crippen molar-refractivity contribution >= 4 is 15.9 Å². The van der Waals surface area contributed by atoms with Crippen LogP contribution in [-0.4, -0.2) is 38.6 Å². The molecule has 0 saturated carbocycles. The first-order valence-electron chi connectivity index (χ1n) is 8.88. The zero-order valence-electron chi connectivity index (χ0n) is 15.1. The molecule has 2 N–H and O–H groups in total. The number of rotatable bonds is 7. The Morgan fingerprint density at radius 2 is 2.07 bits per heavy atom. The van der Waals surface area contributed by atoms with Crippen molar-refractivity contribution in [3.8, 4) is 0 Å². The first-order valence-corrected chi connectivity index (χ1v) is 10.4. The molecule has 8 heteroatoms. The third-order valence-electron chi connectivity index (χ3n) is 4.48. The molecule has 1 amide bonds. The number of aromatic nitrogens is 1. The first kappa shape index (κ1) is 19.5. The summed E-state index contributed by atoms with van der Waals surface area (Å²) in [6, 6.07) is 9.36. The standard InChI is InChI=1S/C19H23N3O4S/c1-14(16-4-2-10-20-12-16)22-19(23)15-6-8-18(9-7-15)27(24,25)21-13-17-5-3-11-26-17/h2,4,6-10,12,14,17,21H,3,5,11,13H2,1H3,(H,22,23). The van der Waals surface area contributed by atoms with Crippen LogP contribution in [-0.2, 0) is 14.8 Å². The summed E-state index contributed by atoms with van der Waals surface area (Å²) >= 11 is 0. The van der Waals surface area contributed by atoms with Crippen molar-refractivity contribution in [2.75, 3.05) is 13.2 Å². The van der Waals surface area contributed by atoms with Crippen molar-refractivity contribution in [2.24, 2.45) is 0 Å². The Kier molecular flexibility index (Phi) is 6.20. The van der Waals surface area contributed by atoms with Gasteiger partial charge in [-0.15, -0.1) is 0 Å². The van der Waals surface area contributed by atoms with E-state index in [-0.39, 0.29) is 29.5 Å². The lowest BCUT2D eigenvalue weighted by Crippen LogP contribution is -2.32. The molecule has 2 atom stereocenters. The van der Waals surface area contributed by atoms with E-state index in [0.717, 1.165) is 18.4 Å². The molecule has 144 valence electrons. The normalized spacial score (nSPS) is 18.2. The maximum atomic E-state index is 12.4. The fourth-order valence-electron chi connectivity index (χ4n) is 2.87. The third-order valence-corrected chi connectivity index (χ3v) is 5.92. The third kappa shape index (κ3) is 5.12. The Labute approximate surface area is 159 Å². The summed E-state index contributed by atoms with van der Waals surface area (Å²) in [5.41, 5.74) is 1.28. The van der Waals surface area contributed by atoms with Crippen molar-refractivity contribution in [1.82, 2.24) is 15.0 Å². The van der Waals surface area contributed by atoms with Crippen LogP contribution in [0.1, 0.15) is 41.7 Å². The lowest BCUT2D eigenvalue weighted by molar-refractivity contribution is 0.0939. The molecule has 0 radical (unpaired) electrons. The van der Waals surface area contributed by atoms with Crippen LogP contribution in [0, 0.1) is 0 Å². The molecule has 27 heavy (non-hydrogen) atoms. The smallest absolute Gasteiger partial charge is 0.251 e. The number of sulfonamides is 1. The maximum absolute atomic E-state index is 12.4. The van der Waals surface area contributed by atoms with E-state index in [1.54, 1.807) is 18.5 Å². The van der Waals surface area contributed by atoms with Gasteiger partial charge in [0.25, 0.3) is 5.91 Å². The molecule has 1 aliphatic heterocycles. The summed E-state index contributed by atoms with van der Waals surface area (Å²) in [4.78, 5) is 16.5. The maximum Gasteiger partial charge on any atom is 0.251 e. The Morgan fingerprint density at radius 1 is 1.30 bits per heavy atom. The number of carbonyl (C=O) groups is 1. The number of carbonyl (C=O) groups excluding carboxylic acids is 1. The molecule has 1 saturated heterocycles. The Balaban J connectivity index is 1.61. The van der Waals surface area contributed by atoms with Crippen LogP contribution in [0.15, 0.2) is 53.7 Å². The van der Waals surface area contributed by atoms with Crippen LogP contribution in [0.25, 0.3) is 0 Å². The van der Waals surface area contributed by atoms with Gasteiger partial charge < -0.3 is 10.1 Å². The van der Waals surface area contributed by atoms with E-state index in [9.17, 15) is 13.2 Å². The average molecular weight is 389 g/mol. The zero-order chi connectivity index (χ0) is 19.3. The number of pyridine rings is 1. The van der Waals surface area contributed by atoms with Gasteiger partial charge in [0.05, 0.1) is 17.0 Å². The van der Waals surface area contributed by atoms with E-state index in [4.69, 9.17) is 4.74 Å². The summed E-state index contributed by atoms with van der Waals surface area (Å²) in [5, 5.41) is 2.87. The second-order valence-corrected chi connectivity index (χ2v) is 8.26. The van der Waals surface area contributed by atoms with E-state index >= 15 is 0 Å². The molecule has 1 aromatic heterocycles. The molecule has 0 bridgehead atoms. The van der Waals surface area contributed by atoms with Crippen molar-refractivity contribution in [3.05, 3.63) is 59.9 Å². The van der Waals surface area contributed by atoms with Gasteiger partial charge >= 0.3 is 0 Å². The van der Waals surface area contributed by atoms with Gasteiger partial charge in [-0.1, -0.05) is 6.07 Å². The molecule has 0 spiro atoms. The second kappa shape index (κ2) is 8.60. The minimum Gasteiger partial charge on any atom is -0.377 e. The van der Waals surface area contributed by atoms with Gasteiger partial charge in [0.2, 0.25) is 10.0 Å². The topological polar surface area (TPSA) is 97.4 Å². The minimum atomic E-state index is -3.63. The Hall–Kier alpha value is -2.29. The van der Waals surface area contributed by atoms with Crippen LogP contribution in [0.3, 0.4) is 0 Å². The fourth-order valence-corrected chi connectivity index (χ4v) is 3.94. The largest absolute Gasteiger partial charge is 0.377 e. The number of hydrogen-bond acceptors (Lipinski definition) is 5. The SMILES string of the molecule is CC(NC(=O)c1ccc(S(=O)(=O)NCC2CCCO2)cc1)c1cccnc1. The molecule has 3 rings (SSSR count). The van der Waals surface area contributed by atoms with E-state index in [1.165, 1.54) is 24.3 Å². The van der Waals surface area contributed by atoms with Crippen LogP contribution in [0.4, 0.5) is 0 Å². The van der Waals surface area contributed by atoms with Gasteiger partial charge in [-0.3, -0.25) is 9.78 Å². The Bertz CT molecular complexity index is 864. The van der Waals surface area contributed by atoms with Crippen molar-refractivity contribution in [1.29, 1.82) is 0 Å². The predicted octanol–water partition coefficient (Wildman–Crippen LogP) is 2.03. The molecule has 1 aromatic carbocycles. The second-order valence-electron chi connectivity index (χ2n) is 6.49. The van der Waals surface area contributed by atoms with Crippen LogP contribution in [0.5, 0.6) is 0 Å². The van der Waals surface area contributed by atoms with Crippen molar-refractivity contribution in [3.63, 3.8) is 0 Å².